The Hall–Kier alpha value is -0.218. The summed E-state index contributed by atoms with van der Waals surface area (Å²) in [6.07, 6.45) is 3.87. The summed E-state index contributed by atoms with van der Waals surface area (Å²) in [6.45, 7) is 4.24. The Morgan fingerprint density at radius 1 is 1.17 bits per heavy atom. The van der Waals surface area contributed by atoms with Gasteiger partial charge < -0.3 is 4.90 Å². The zero-order valence-electron chi connectivity index (χ0n) is 20.5. The molecule has 0 saturated carbocycles. The van der Waals surface area contributed by atoms with Crippen molar-refractivity contribution in [1.29, 1.82) is 0 Å². The fraction of sp³-hybridized carbons (Fsp3) is 0.375. The molecule has 1 fully saturated rings. The summed E-state index contributed by atoms with van der Waals surface area (Å²) in [6, 6.07) is 9.50. The van der Waals surface area contributed by atoms with Gasteiger partial charge in [0.05, 0.1) is 11.4 Å². The molecule has 35 heavy (non-hydrogen) atoms. The molecule has 1 unspecified atom stereocenters. The van der Waals surface area contributed by atoms with Crippen molar-refractivity contribution in [3.63, 3.8) is 0 Å². The second-order valence-electron chi connectivity index (χ2n) is 8.14. The zero-order valence-corrected chi connectivity index (χ0v) is 28.4. The molecule has 1 aliphatic rings. The maximum Gasteiger partial charge on any atom is 1.00 e. The molecule has 0 aliphatic carbocycles. The number of benzene rings is 2. The molecule has 0 bridgehead atoms. The van der Waals surface area contributed by atoms with E-state index in [-0.39, 0.29) is 91.0 Å². The summed E-state index contributed by atoms with van der Waals surface area (Å²) in [7, 11) is 1.51. The Bertz CT molecular complexity index is 1270. The Morgan fingerprint density at radius 2 is 1.86 bits per heavy atom. The molecule has 1 aliphatic heterocycles. The van der Waals surface area contributed by atoms with Crippen molar-refractivity contribution in [3.05, 3.63) is 63.9 Å². The number of hydrogen-bond donors (Lipinski definition) is 1. The zero-order chi connectivity index (χ0) is 24.6. The summed E-state index contributed by atoms with van der Waals surface area (Å²) in [5.74, 6) is -1.06. The van der Waals surface area contributed by atoms with Gasteiger partial charge in [-0.2, -0.15) is 30.0 Å². The SMILES string of the molecule is CSc1c[c-]ccc1N(O)C(C)c1cc(F)cc2c(=O)n(C)c(N3CCN(SC)CC3)c(F)c12.[Cs+]. The van der Waals surface area contributed by atoms with Gasteiger partial charge in [-0.25, -0.2) is 13.1 Å². The molecule has 2 aromatic carbocycles. The minimum Gasteiger partial charge on any atom is -0.353 e. The van der Waals surface area contributed by atoms with Crippen LogP contribution in [0.1, 0.15) is 18.5 Å². The minimum absolute atomic E-state index is 0. The summed E-state index contributed by atoms with van der Waals surface area (Å²) in [5, 5.41) is 12.0. The van der Waals surface area contributed by atoms with Crippen LogP contribution in [0.4, 0.5) is 20.3 Å². The van der Waals surface area contributed by atoms with E-state index in [1.807, 2.05) is 17.4 Å². The van der Waals surface area contributed by atoms with Gasteiger partial charge in [-0.15, -0.1) is 6.07 Å². The molecule has 2 heterocycles. The summed E-state index contributed by atoms with van der Waals surface area (Å²) < 4.78 is 34.3. The molecule has 1 saturated heterocycles. The fourth-order valence-electron chi connectivity index (χ4n) is 4.44. The number of aromatic nitrogens is 1. The third-order valence-corrected chi connectivity index (χ3v) is 7.93. The van der Waals surface area contributed by atoms with Crippen LogP contribution in [0.15, 0.2) is 40.0 Å². The van der Waals surface area contributed by atoms with Crippen molar-refractivity contribution in [1.82, 2.24) is 8.87 Å². The van der Waals surface area contributed by atoms with E-state index in [0.717, 1.165) is 29.1 Å². The van der Waals surface area contributed by atoms with E-state index >= 15 is 4.39 Å². The van der Waals surface area contributed by atoms with Crippen LogP contribution in [0.5, 0.6) is 0 Å². The predicted octanol–water partition coefficient (Wildman–Crippen LogP) is 1.70. The van der Waals surface area contributed by atoms with Crippen molar-refractivity contribution >= 4 is 46.0 Å². The first kappa shape index (κ1) is 29.3. The Labute approximate surface area is 271 Å². The van der Waals surface area contributed by atoms with Crippen molar-refractivity contribution in [2.45, 2.75) is 17.9 Å². The molecule has 6 nitrogen and oxygen atoms in total. The summed E-state index contributed by atoms with van der Waals surface area (Å²) in [4.78, 5) is 15.9. The van der Waals surface area contributed by atoms with E-state index in [2.05, 4.69) is 10.4 Å². The van der Waals surface area contributed by atoms with Crippen LogP contribution in [0, 0.1) is 17.7 Å². The number of piperazine rings is 1. The van der Waals surface area contributed by atoms with E-state index in [4.69, 9.17) is 0 Å². The minimum atomic E-state index is -0.825. The summed E-state index contributed by atoms with van der Waals surface area (Å²) in [5.41, 5.74) is 0.223. The first-order chi connectivity index (χ1) is 16.3. The van der Waals surface area contributed by atoms with E-state index in [1.165, 1.54) is 29.4 Å². The smallest absolute Gasteiger partial charge is 0.353 e. The van der Waals surface area contributed by atoms with Gasteiger partial charge in [0, 0.05) is 38.6 Å². The first-order valence-corrected chi connectivity index (χ1v) is 13.3. The first-order valence-electron chi connectivity index (χ1n) is 10.9. The average Bonchev–Trinajstić information content (AvgIpc) is 2.86. The van der Waals surface area contributed by atoms with E-state index in [1.54, 1.807) is 37.1 Å². The molecule has 182 valence electrons. The molecule has 0 spiro atoms. The molecule has 1 N–H and O–H groups in total. The van der Waals surface area contributed by atoms with Crippen LogP contribution in [0.25, 0.3) is 10.8 Å². The molecule has 0 amide bonds. The molecule has 11 heteroatoms. The molecular formula is C24H27CsF2N4O2S2. The third kappa shape index (κ3) is 5.79. The largest absolute Gasteiger partial charge is 1.00 e. The van der Waals surface area contributed by atoms with Crippen molar-refractivity contribution in [2.24, 2.45) is 7.05 Å². The second-order valence-corrected chi connectivity index (χ2v) is 9.87. The van der Waals surface area contributed by atoms with Gasteiger partial charge in [0.25, 0.3) is 5.56 Å². The van der Waals surface area contributed by atoms with Gasteiger partial charge >= 0.3 is 68.9 Å². The number of hydrogen-bond acceptors (Lipinski definition) is 7. The second kappa shape index (κ2) is 12.6. The van der Waals surface area contributed by atoms with Crippen LogP contribution in [0.2, 0.25) is 0 Å². The fourth-order valence-corrected chi connectivity index (χ4v) is 5.53. The predicted molar refractivity (Wildman–Crippen MR) is 136 cm³/mol. The summed E-state index contributed by atoms with van der Waals surface area (Å²) >= 11 is 3.06. The van der Waals surface area contributed by atoms with Crippen molar-refractivity contribution < 1.29 is 82.9 Å². The molecule has 1 atom stereocenters. The van der Waals surface area contributed by atoms with Crippen molar-refractivity contribution in [3.8, 4) is 0 Å². The van der Waals surface area contributed by atoms with E-state index < -0.39 is 23.2 Å². The van der Waals surface area contributed by atoms with Crippen LogP contribution in [0.3, 0.4) is 0 Å². The number of thioether (sulfide) groups is 1. The number of hydroxylamine groups is 1. The number of pyridine rings is 1. The van der Waals surface area contributed by atoms with Crippen LogP contribution in [-0.2, 0) is 7.05 Å². The molecule has 4 rings (SSSR count). The number of rotatable bonds is 6. The average molecular weight is 639 g/mol. The monoisotopic (exact) mass is 638 g/mol. The topological polar surface area (TPSA) is 52.0 Å². The van der Waals surface area contributed by atoms with Gasteiger partial charge in [0.2, 0.25) is 0 Å². The molecule has 3 aromatic rings. The van der Waals surface area contributed by atoms with Crippen LogP contribution >= 0.6 is 23.7 Å². The van der Waals surface area contributed by atoms with E-state index in [9.17, 15) is 14.4 Å². The maximum atomic E-state index is 16.2. The molecule has 0 radical (unpaired) electrons. The molecule has 1 aromatic heterocycles. The van der Waals surface area contributed by atoms with Gasteiger partial charge in [-0.1, -0.05) is 16.8 Å². The van der Waals surface area contributed by atoms with E-state index in [0.29, 0.717) is 18.8 Å². The normalized spacial score (nSPS) is 15.2. The van der Waals surface area contributed by atoms with Gasteiger partial charge in [0.1, 0.15) is 11.6 Å². The molecular weight excluding hydrogens is 611 g/mol. The van der Waals surface area contributed by atoms with Gasteiger partial charge in [0.15, 0.2) is 5.82 Å². The number of anilines is 2. The maximum absolute atomic E-state index is 16.2. The Balaban J connectivity index is 0.00000342. The third-order valence-electron chi connectivity index (χ3n) is 6.29. The Morgan fingerprint density at radius 3 is 2.49 bits per heavy atom. The quantitative estimate of drug-likeness (QED) is 0.191. The number of fused-ring (bicyclic) bond motifs is 1. The van der Waals surface area contributed by atoms with Crippen LogP contribution in [-0.4, -0.2) is 52.8 Å². The Kier molecular flexibility index (Phi) is 10.5. The standard InChI is InChI=1S/C24H27F2N4O2S2.Cs/c1-15(30(32)19-7-5-6-8-20(19)33-3)17-13-16(25)14-18-21(17)22(26)23(27(2)24(18)31)28-9-11-29(34-4)12-10-28;/h5,7-8,13-15,32H,9-12H2,1-4H3;/q-1;+1. The van der Waals surface area contributed by atoms with Crippen LogP contribution < -0.4 is 84.4 Å². The van der Waals surface area contributed by atoms with Gasteiger partial charge in [-0.05, 0) is 42.8 Å². The number of halogens is 2. The number of nitrogens with zero attached hydrogens (tertiary/aromatic N) is 4. The van der Waals surface area contributed by atoms with Crippen molar-refractivity contribution in [2.75, 3.05) is 48.7 Å². The van der Waals surface area contributed by atoms with Gasteiger partial charge in [-0.3, -0.25) is 19.6 Å².